The van der Waals surface area contributed by atoms with Crippen LogP contribution in [0.25, 0.3) is 0 Å². The lowest BCUT2D eigenvalue weighted by Crippen LogP contribution is -2.16. The Morgan fingerprint density at radius 2 is 2.22 bits per heavy atom. The number of nitrogens with zero attached hydrogens (tertiary/aromatic N) is 1. The molecule has 1 aromatic carbocycles. The standard InChI is InChI=1S/C12H14N2O3S/c15-18(16)11-4-2-1-3-10(11)12(14-18)17-8-9-5-6-13-7-9/h1-4,9,13H,5-8H2. The van der Waals surface area contributed by atoms with E-state index in [1.807, 2.05) is 0 Å². The van der Waals surface area contributed by atoms with Crippen LogP contribution < -0.4 is 5.32 Å². The van der Waals surface area contributed by atoms with Gasteiger partial charge in [0.2, 0.25) is 5.90 Å². The molecule has 0 aromatic heterocycles. The van der Waals surface area contributed by atoms with Gasteiger partial charge in [0.1, 0.15) is 4.90 Å². The Labute approximate surface area is 106 Å². The van der Waals surface area contributed by atoms with E-state index in [4.69, 9.17) is 4.74 Å². The van der Waals surface area contributed by atoms with Crippen LogP contribution in [0.15, 0.2) is 33.6 Å². The van der Waals surface area contributed by atoms with E-state index in [0.29, 0.717) is 18.1 Å². The van der Waals surface area contributed by atoms with Crippen LogP contribution in [0.1, 0.15) is 12.0 Å². The Morgan fingerprint density at radius 1 is 1.39 bits per heavy atom. The number of sulfonamides is 1. The van der Waals surface area contributed by atoms with Gasteiger partial charge in [-0.15, -0.1) is 4.40 Å². The first-order chi connectivity index (χ1) is 8.67. The van der Waals surface area contributed by atoms with Gasteiger partial charge >= 0.3 is 0 Å². The molecule has 6 heteroatoms. The van der Waals surface area contributed by atoms with Crippen LogP contribution in [-0.2, 0) is 14.8 Å². The fourth-order valence-electron chi connectivity index (χ4n) is 2.23. The van der Waals surface area contributed by atoms with E-state index in [0.717, 1.165) is 19.5 Å². The summed E-state index contributed by atoms with van der Waals surface area (Å²) in [7, 11) is -3.55. The smallest absolute Gasteiger partial charge is 0.286 e. The van der Waals surface area contributed by atoms with Gasteiger partial charge in [0.25, 0.3) is 10.0 Å². The molecule has 0 spiro atoms. The number of ether oxygens (including phenoxy) is 1. The van der Waals surface area contributed by atoms with E-state index in [1.54, 1.807) is 24.3 Å². The molecule has 0 radical (unpaired) electrons. The van der Waals surface area contributed by atoms with E-state index < -0.39 is 10.0 Å². The van der Waals surface area contributed by atoms with Crippen molar-refractivity contribution in [1.29, 1.82) is 0 Å². The second-order valence-corrected chi connectivity index (χ2v) is 6.11. The highest BCUT2D eigenvalue weighted by molar-refractivity contribution is 7.90. The third kappa shape index (κ3) is 2.02. The predicted molar refractivity (Wildman–Crippen MR) is 67.1 cm³/mol. The van der Waals surface area contributed by atoms with Gasteiger partial charge < -0.3 is 10.1 Å². The van der Waals surface area contributed by atoms with E-state index in [-0.39, 0.29) is 10.8 Å². The first kappa shape index (κ1) is 11.7. The summed E-state index contributed by atoms with van der Waals surface area (Å²) in [6.45, 7) is 2.42. The second-order valence-electron chi connectivity index (χ2n) is 4.54. The van der Waals surface area contributed by atoms with Crippen molar-refractivity contribution >= 4 is 15.9 Å². The molecule has 0 saturated carbocycles. The summed E-state index contributed by atoms with van der Waals surface area (Å²) in [5, 5.41) is 3.24. The predicted octanol–water partition coefficient (Wildman–Crippen LogP) is 0.762. The first-order valence-electron chi connectivity index (χ1n) is 5.95. The van der Waals surface area contributed by atoms with E-state index >= 15 is 0 Å². The lowest BCUT2D eigenvalue weighted by molar-refractivity contribution is 0.250. The molecular formula is C12H14N2O3S. The zero-order chi connectivity index (χ0) is 12.6. The van der Waals surface area contributed by atoms with Crippen LogP contribution in [0, 0.1) is 5.92 Å². The Hall–Kier alpha value is -1.40. The molecule has 1 unspecified atom stereocenters. The van der Waals surface area contributed by atoms with Gasteiger partial charge in [-0.05, 0) is 25.1 Å². The highest BCUT2D eigenvalue weighted by Gasteiger charge is 2.30. The Kier molecular flexibility index (Phi) is 2.83. The van der Waals surface area contributed by atoms with Crippen molar-refractivity contribution in [3.05, 3.63) is 29.8 Å². The van der Waals surface area contributed by atoms with Crippen LogP contribution in [0.5, 0.6) is 0 Å². The summed E-state index contributed by atoms with van der Waals surface area (Å²) >= 11 is 0. The third-order valence-corrected chi connectivity index (χ3v) is 4.53. The normalized spacial score (nSPS) is 24.7. The molecule has 96 valence electrons. The number of benzene rings is 1. The maximum absolute atomic E-state index is 11.8. The molecule has 1 atom stereocenters. The van der Waals surface area contributed by atoms with Crippen LogP contribution >= 0.6 is 0 Å². The number of nitrogens with one attached hydrogen (secondary N) is 1. The van der Waals surface area contributed by atoms with Crippen LogP contribution in [0.4, 0.5) is 0 Å². The molecule has 1 N–H and O–H groups in total. The molecule has 18 heavy (non-hydrogen) atoms. The maximum atomic E-state index is 11.8. The minimum atomic E-state index is -3.55. The monoisotopic (exact) mass is 266 g/mol. The first-order valence-corrected chi connectivity index (χ1v) is 7.39. The number of hydrogen-bond donors (Lipinski definition) is 1. The molecular weight excluding hydrogens is 252 g/mol. The van der Waals surface area contributed by atoms with E-state index in [1.165, 1.54) is 0 Å². The van der Waals surface area contributed by atoms with Gasteiger partial charge in [-0.2, -0.15) is 8.42 Å². The quantitative estimate of drug-likeness (QED) is 0.858. The van der Waals surface area contributed by atoms with Crippen molar-refractivity contribution in [3.8, 4) is 0 Å². The Bertz CT molecular complexity index is 589. The molecule has 3 rings (SSSR count). The Balaban J connectivity index is 1.81. The molecule has 1 fully saturated rings. The SMILES string of the molecule is O=S1(=O)N=C(OCC2CCNC2)c2ccccc21. The second kappa shape index (κ2) is 4.37. The summed E-state index contributed by atoms with van der Waals surface area (Å²) in [5.74, 6) is 0.667. The molecule has 0 aliphatic carbocycles. The van der Waals surface area contributed by atoms with Crippen molar-refractivity contribution in [2.45, 2.75) is 11.3 Å². The topological polar surface area (TPSA) is 67.8 Å². The average molecular weight is 266 g/mol. The van der Waals surface area contributed by atoms with E-state index in [2.05, 4.69) is 9.71 Å². The number of hydrogen-bond acceptors (Lipinski definition) is 4. The van der Waals surface area contributed by atoms with Crippen molar-refractivity contribution < 1.29 is 13.2 Å². The molecule has 1 saturated heterocycles. The summed E-state index contributed by atoms with van der Waals surface area (Å²) in [6.07, 6.45) is 1.06. The number of rotatable bonds is 2. The summed E-state index contributed by atoms with van der Waals surface area (Å²) in [5.41, 5.74) is 0.573. The molecule has 1 aromatic rings. The van der Waals surface area contributed by atoms with Gasteiger partial charge in [-0.25, -0.2) is 0 Å². The Morgan fingerprint density at radius 3 is 3.00 bits per heavy atom. The highest BCUT2D eigenvalue weighted by atomic mass is 32.2. The van der Waals surface area contributed by atoms with Gasteiger partial charge in [0.15, 0.2) is 0 Å². The fraction of sp³-hybridized carbons (Fsp3) is 0.417. The lowest BCUT2D eigenvalue weighted by Gasteiger charge is -2.10. The zero-order valence-corrected chi connectivity index (χ0v) is 10.6. The molecule has 0 amide bonds. The summed E-state index contributed by atoms with van der Waals surface area (Å²) < 4.78 is 32.8. The molecule has 2 heterocycles. The summed E-state index contributed by atoms with van der Waals surface area (Å²) in [6, 6.07) is 6.76. The van der Waals surface area contributed by atoms with Gasteiger partial charge in [0, 0.05) is 12.5 Å². The van der Waals surface area contributed by atoms with Crippen LogP contribution in [-0.4, -0.2) is 34.0 Å². The van der Waals surface area contributed by atoms with Gasteiger partial charge in [0.05, 0.1) is 12.2 Å². The number of fused-ring (bicyclic) bond motifs is 1. The highest BCUT2D eigenvalue weighted by Crippen LogP contribution is 2.26. The van der Waals surface area contributed by atoms with Gasteiger partial charge in [-0.3, -0.25) is 0 Å². The molecule has 2 aliphatic rings. The minimum absolute atomic E-state index is 0.234. The zero-order valence-electron chi connectivity index (χ0n) is 9.80. The lowest BCUT2D eigenvalue weighted by atomic mass is 10.1. The van der Waals surface area contributed by atoms with Crippen molar-refractivity contribution in [3.63, 3.8) is 0 Å². The largest absolute Gasteiger partial charge is 0.476 e. The fourth-order valence-corrected chi connectivity index (χ4v) is 3.38. The van der Waals surface area contributed by atoms with E-state index in [9.17, 15) is 8.42 Å². The molecule has 5 nitrogen and oxygen atoms in total. The van der Waals surface area contributed by atoms with Crippen LogP contribution in [0.2, 0.25) is 0 Å². The van der Waals surface area contributed by atoms with Gasteiger partial charge in [-0.1, -0.05) is 12.1 Å². The molecule has 0 bridgehead atoms. The minimum Gasteiger partial charge on any atom is -0.476 e. The van der Waals surface area contributed by atoms with Crippen molar-refractivity contribution in [2.75, 3.05) is 19.7 Å². The average Bonchev–Trinajstić information content (AvgIpc) is 2.95. The third-order valence-electron chi connectivity index (χ3n) is 3.22. The summed E-state index contributed by atoms with van der Waals surface area (Å²) in [4.78, 5) is 0.240. The van der Waals surface area contributed by atoms with Crippen LogP contribution in [0.3, 0.4) is 0 Å². The van der Waals surface area contributed by atoms with Crippen molar-refractivity contribution in [1.82, 2.24) is 5.32 Å². The molecule has 2 aliphatic heterocycles. The maximum Gasteiger partial charge on any atom is 0.286 e. The van der Waals surface area contributed by atoms with Crippen molar-refractivity contribution in [2.24, 2.45) is 10.3 Å².